The van der Waals surface area contributed by atoms with E-state index in [0.29, 0.717) is 19.3 Å². The minimum atomic E-state index is -1.08. The third-order valence-corrected chi connectivity index (χ3v) is 4.10. The Hall–Kier alpha value is -1.15. The SMILES string of the molecule is Cc1cc(C)cc(CC(=O)C2(O)CCCCCC2)c1. The molecule has 1 saturated carbocycles. The molecule has 0 spiro atoms. The second-order valence-corrected chi connectivity index (χ2v) is 6.04. The number of aryl methyl sites for hydroxylation is 2. The normalized spacial score (nSPS) is 18.9. The van der Waals surface area contributed by atoms with Crippen molar-refractivity contribution in [2.24, 2.45) is 0 Å². The van der Waals surface area contributed by atoms with Crippen LogP contribution < -0.4 is 0 Å². The lowest BCUT2D eigenvalue weighted by Crippen LogP contribution is -2.39. The van der Waals surface area contributed by atoms with E-state index in [1.807, 2.05) is 26.0 Å². The summed E-state index contributed by atoms with van der Waals surface area (Å²) in [5, 5.41) is 10.6. The van der Waals surface area contributed by atoms with Crippen molar-refractivity contribution in [1.29, 1.82) is 0 Å². The second-order valence-electron chi connectivity index (χ2n) is 6.04. The van der Waals surface area contributed by atoms with Gasteiger partial charge in [-0.25, -0.2) is 0 Å². The molecule has 0 heterocycles. The van der Waals surface area contributed by atoms with Crippen molar-refractivity contribution >= 4 is 5.78 Å². The van der Waals surface area contributed by atoms with Crippen LogP contribution in [0.4, 0.5) is 0 Å². The molecule has 0 aliphatic heterocycles. The molecule has 104 valence electrons. The average molecular weight is 260 g/mol. The highest BCUT2D eigenvalue weighted by atomic mass is 16.3. The molecule has 1 aromatic carbocycles. The van der Waals surface area contributed by atoms with Gasteiger partial charge in [0.2, 0.25) is 0 Å². The maximum atomic E-state index is 12.4. The fraction of sp³-hybridized carbons (Fsp3) is 0.588. The van der Waals surface area contributed by atoms with E-state index in [4.69, 9.17) is 0 Å². The molecule has 0 radical (unpaired) electrons. The maximum Gasteiger partial charge on any atom is 0.168 e. The minimum Gasteiger partial charge on any atom is -0.382 e. The first-order chi connectivity index (χ1) is 8.99. The van der Waals surface area contributed by atoms with Crippen LogP contribution in [0.15, 0.2) is 18.2 Å². The number of benzene rings is 1. The van der Waals surface area contributed by atoms with Crippen LogP contribution in [-0.2, 0) is 11.2 Å². The first kappa shape index (κ1) is 14.3. The highest BCUT2D eigenvalue weighted by Crippen LogP contribution is 2.29. The lowest BCUT2D eigenvalue weighted by atomic mass is 9.86. The van der Waals surface area contributed by atoms with Crippen LogP contribution in [0, 0.1) is 13.8 Å². The van der Waals surface area contributed by atoms with Gasteiger partial charge in [0.25, 0.3) is 0 Å². The van der Waals surface area contributed by atoms with E-state index < -0.39 is 5.60 Å². The van der Waals surface area contributed by atoms with Crippen LogP contribution in [0.1, 0.15) is 55.2 Å². The molecular formula is C17H24O2. The molecule has 1 aliphatic rings. The van der Waals surface area contributed by atoms with Crippen molar-refractivity contribution in [3.05, 3.63) is 34.9 Å². The Morgan fingerprint density at radius 2 is 1.58 bits per heavy atom. The van der Waals surface area contributed by atoms with E-state index in [-0.39, 0.29) is 5.78 Å². The van der Waals surface area contributed by atoms with Crippen molar-refractivity contribution < 1.29 is 9.90 Å². The van der Waals surface area contributed by atoms with Crippen molar-refractivity contribution in [2.75, 3.05) is 0 Å². The number of hydrogen-bond donors (Lipinski definition) is 1. The predicted molar refractivity (Wildman–Crippen MR) is 77.3 cm³/mol. The van der Waals surface area contributed by atoms with Crippen molar-refractivity contribution in [3.63, 3.8) is 0 Å². The van der Waals surface area contributed by atoms with Crippen molar-refractivity contribution in [2.45, 2.75) is 64.4 Å². The molecule has 0 amide bonds. The number of Topliss-reactive ketones (excluding diaryl/α,β-unsaturated/α-hetero) is 1. The third-order valence-electron chi connectivity index (χ3n) is 4.10. The van der Waals surface area contributed by atoms with Crippen molar-refractivity contribution in [3.8, 4) is 0 Å². The molecule has 2 heteroatoms. The lowest BCUT2D eigenvalue weighted by Gasteiger charge is -2.25. The second kappa shape index (κ2) is 5.87. The van der Waals surface area contributed by atoms with E-state index in [1.54, 1.807) is 0 Å². The zero-order valence-electron chi connectivity index (χ0n) is 12.0. The predicted octanol–water partition coefficient (Wildman–Crippen LogP) is 3.50. The fourth-order valence-corrected chi connectivity index (χ4v) is 3.11. The summed E-state index contributed by atoms with van der Waals surface area (Å²) in [7, 11) is 0. The average Bonchev–Trinajstić information content (AvgIpc) is 2.53. The fourth-order valence-electron chi connectivity index (χ4n) is 3.11. The Bertz CT molecular complexity index is 434. The van der Waals surface area contributed by atoms with Crippen molar-refractivity contribution in [1.82, 2.24) is 0 Å². The topological polar surface area (TPSA) is 37.3 Å². The molecule has 0 aromatic heterocycles. The molecular weight excluding hydrogens is 236 g/mol. The van der Waals surface area contributed by atoms with Gasteiger partial charge in [0.05, 0.1) is 0 Å². The highest BCUT2D eigenvalue weighted by molar-refractivity contribution is 5.89. The van der Waals surface area contributed by atoms with E-state index >= 15 is 0 Å². The highest BCUT2D eigenvalue weighted by Gasteiger charge is 2.35. The Morgan fingerprint density at radius 1 is 1.05 bits per heavy atom. The van der Waals surface area contributed by atoms with Gasteiger partial charge < -0.3 is 5.11 Å². The Kier molecular flexibility index (Phi) is 4.41. The van der Waals surface area contributed by atoms with Gasteiger partial charge in [-0.05, 0) is 32.3 Å². The van der Waals surface area contributed by atoms with Gasteiger partial charge in [0.1, 0.15) is 5.60 Å². The zero-order valence-corrected chi connectivity index (χ0v) is 12.0. The van der Waals surface area contributed by atoms with Crippen LogP contribution in [0.5, 0.6) is 0 Å². The lowest BCUT2D eigenvalue weighted by molar-refractivity contribution is -0.138. The number of aliphatic hydroxyl groups is 1. The third kappa shape index (κ3) is 3.66. The van der Waals surface area contributed by atoms with Gasteiger partial charge in [-0.3, -0.25) is 4.79 Å². The van der Waals surface area contributed by atoms with Gasteiger partial charge in [-0.15, -0.1) is 0 Å². The first-order valence-electron chi connectivity index (χ1n) is 7.32. The summed E-state index contributed by atoms with van der Waals surface area (Å²) in [6.45, 7) is 4.09. The quantitative estimate of drug-likeness (QED) is 0.845. The van der Waals surface area contributed by atoms with Gasteiger partial charge in [-0.1, -0.05) is 55.0 Å². The van der Waals surface area contributed by atoms with Gasteiger partial charge in [0.15, 0.2) is 5.78 Å². The van der Waals surface area contributed by atoms with E-state index in [0.717, 1.165) is 31.2 Å². The molecule has 1 fully saturated rings. The van der Waals surface area contributed by atoms with Crippen LogP contribution >= 0.6 is 0 Å². The molecule has 0 saturated heterocycles. The summed E-state index contributed by atoms with van der Waals surface area (Å²) in [4.78, 5) is 12.4. The van der Waals surface area contributed by atoms with Crippen LogP contribution in [0.25, 0.3) is 0 Å². The first-order valence-corrected chi connectivity index (χ1v) is 7.32. The Balaban J connectivity index is 2.11. The summed E-state index contributed by atoms with van der Waals surface area (Å²) < 4.78 is 0. The number of rotatable bonds is 3. The molecule has 0 atom stereocenters. The van der Waals surface area contributed by atoms with Gasteiger partial charge in [-0.2, -0.15) is 0 Å². The van der Waals surface area contributed by atoms with Crippen LogP contribution in [0.3, 0.4) is 0 Å². The molecule has 2 rings (SSSR count). The molecule has 1 aromatic rings. The molecule has 2 nitrogen and oxygen atoms in total. The largest absolute Gasteiger partial charge is 0.382 e. The summed E-state index contributed by atoms with van der Waals surface area (Å²) >= 11 is 0. The summed E-state index contributed by atoms with van der Waals surface area (Å²) in [5.41, 5.74) is 2.31. The summed E-state index contributed by atoms with van der Waals surface area (Å²) in [6.07, 6.45) is 5.84. The Labute approximate surface area is 115 Å². The monoisotopic (exact) mass is 260 g/mol. The molecule has 1 N–H and O–H groups in total. The number of carbonyl (C=O) groups excluding carboxylic acids is 1. The minimum absolute atomic E-state index is 0.000556. The Morgan fingerprint density at radius 3 is 2.11 bits per heavy atom. The molecule has 0 bridgehead atoms. The van der Waals surface area contributed by atoms with Crippen LogP contribution in [0.2, 0.25) is 0 Å². The number of carbonyl (C=O) groups is 1. The smallest absolute Gasteiger partial charge is 0.168 e. The summed E-state index contributed by atoms with van der Waals surface area (Å²) in [6, 6.07) is 6.20. The van der Waals surface area contributed by atoms with Gasteiger partial charge >= 0.3 is 0 Å². The molecule has 19 heavy (non-hydrogen) atoms. The molecule has 0 unspecified atom stereocenters. The van der Waals surface area contributed by atoms with E-state index in [9.17, 15) is 9.90 Å². The maximum absolute atomic E-state index is 12.4. The summed E-state index contributed by atoms with van der Waals surface area (Å²) in [5.74, 6) is -0.000556. The number of hydrogen-bond acceptors (Lipinski definition) is 2. The standard InChI is InChI=1S/C17H24O2/c1-13-9-14(2)11-15(10-13)12-16(18)17(19)7-5-3-4-6-8-17/h9-11,19H,3-8,12H2,1-2H3. The van der Waals surface area contributed by atoms with Gasteiger partial charge in [0, 0.05) is 6.42 Å². The molecule has 1 aliphatic carbocycles. The van der Waals surface area contributed by atoms with Crippen LogP contribution in [-0.4, -0.2) is 16.5 Å². The zero-order chi connectivity index (χ0) is 13.9. The number of ketones is 1. The van der Waals surface area contributed by atoms with E-state index in [1.165, 1.54) is 11.1 Å². The van der Waals surface area contributed by atoms with E-state index in [2.05, 4.69) is 6.07 Å².